The normalized spacial score (nSPS) is 12.5. The first-order chi connectivity index (χ1) is 28.8. The lowest BCUT2D eigenvalue weighted by Crippen LogP contribution is -2.03. The summed E-state index contributed by atoms with van der Waals surface area (Å²) in [5.74, 6) is 0.557. The van der Waals surface area contributed by atoms with Crippen LogP contribution >= 0.6 is 0 Å². The average molecular weight is 737 g/mol. The maximum absolute atomic E-state index is 6.80. The van der Waals surface area contributed by atoms with Gasteiger partial charge in [0.25, 0.3) is 0 Å². The Kier molecular flexibility index (Phi) is 5.70. The van der Waals surface area contributed by atoms with Crippen LogP contribution in [0.4, 0.5) is 0 Å². The summed E-state index contributed by atoms with van der Waals surface area (Å²) >= 11 is 0. The predicted octanol–water partition coefficient (Wildman–Crippen LogP) is 13.9. The lowest BCUT2D eigenvalue weighted by atomic mass is 9.88. The zero-order chi connectivity index (χ0) is 37.6. The Bertz CT molecular complexity index is 3970. The van der Waals surface area contributed by atoms with Gasteiger partial charge in [-0.05, 0) is 84.2 Å². The second-order valence-electron chi connectivity index (χ2n) is 15.5. The fraction of sp³-hybridized carbons (Fsp3) is 0. The van der Waals surface area contributed by atoms with E-state index in [4.69, 9.17) is 19.4 Å². The Morgan fingerprint density at radius 2 is 1.12 bits per heavy atom. The third kappa shape index (κ3) is 3.87. The molecule has 0 N–H and O–H groups in total. The van der Waals surface area contributed by atoms with Crippen molar-refractivity contribution in [2.45, 2.75) is 0 Å². The van der Waals surface area contributed by atoms with E-state index in [0.717, 1.165) is 49.4 Å². The van der Waals surface area contributed by atoms with Gasteiger partial charge in [-0.2, -0.15) is 4.98 Å². The van der Waals surface area contributed by atoms with Crippen molar-refractivity contribution in [1.82, 2.24) is 19.5 Å². The summed E-state index contributed by atoms with van der Waals surface area (Å²) in [6, 6.07) is 58.9. The third-order valence-corrected chi connectivity index (χ3v) is 12.5. The molecule has 58 heavy (non-hydrogen) atoms. The Balaban J connectivity index is 1.14. The predicted molar refractivity (Wildman–Crippen MR) is 239 cm³/mol. The van der Waals surface area contributed by atoms with Gasteiger partial charge in [0.05, 0.1) is 22.1 Å². The number of fused-ring (bicyclic) bond motifs is 7. The molecule has 5 nitrogen and oxygen atoms in total. The van der Waals surface area contributed by atoms with E-state index in [2.05, 4.69) is 156 Å². The monoisotopic (exact) mass is 736 g/mol. The molecule has 9 aromatic carbocycles. The van der Waals surface area contributed by atoms with Gasteiger partial charge >= 0.3 is 0 Å². The summed E-state index contributed by atoms with van der Waals surface area (Å²) < 4.78 is 9.05. The van der Waals surface area contributed by atoms with Crippen molar-refractivity contribution in [3.8, 4) is 39.5 Å². The van der Waals surface area contributed by atoms with Crippen LogP contribution in [0.5, 0.6) is 0 Å². The molecule has 0 radical (unpaired) electrons. The summed E-state index contributed by atoms with van der Waals surface area (Å²) in [5, 5.41) is 15.1. The van der Waals surface area contributed by atoms with E-state index in [1.165, 1.54) is 70.7 Å². The first-order valence-corrected chi connectivity index (χ1v) is 19.7. The maximum atomic E-state index is 6.80. The molecule has 1 aliphatic rings. The fourth-order valence-electron chi connectivity index (χ4n) is 10.0. The summed E-state index contributed by atoms with van der Waals surface area (Å²) in [6.07, 6.45) is 1.92. The van der Waals surface area contributed by atoms with Crippen molar-refractivity contribution >= 4 is 97.9 Å². The summed E-state index contributed by atoms with van der Waals surface area (Å²) in [5.41, 5.74) is 10.8. The van der Waals surface area contributed by atoms with E-state index in [0.29, 0.717) is 17.2 Å². The van der Waals surface area contributed by atoms with Crippen molar-refractivity contribution in [3.05, 3.63) is 170 Å². The van der Waals surface area contributed by atoms with Crippen LogP contribution in [-0.2, 0) is 0 Å². The van der Waals surface area contributed by atoms with Gasteiger partial charge in [0, 0.05) is 38.7 Å². The van der Waals surface area contributed by atoms with Crippen molar-refractivity contribution < 1.29 is 4.42 Å². The molecule has 5 heteroatoms. The topological polar surface area (TPSA) is 56.7 Å². The molecule has 0 amide bonds. The van der Waals surface area contributed by atoms with Crippen LogP contribution in [-0.4, -0.2) is 19.5 Å². The Morgan fingerprint density at radius 1 is 0.414 bits per heavy atom. The summed E-state index contributed by atoms with van der Waals surface area (Å²) in [7, 11) is 0. The number of furan rings is 1. The Labute approximate surface area is 330 Å². The second-order valence-corrected chi connectivity index (χ2v) is 15.5. The van der Waals surface area contributed by atoms with Crippen LogP contribution in [0.25, 0.3) is 137 Å². The van der Waals surface area contributed by atoms with E-state index < -0.39 is 0 Å². The molecule has 0 fully saturated rings. The number of aromatic nitrogens is 4. The quantitative estimate of drug-likeness (QED) is 0.170. The summed E-state index contributed by atoms with van der Waals surface area (Å²) in [4.78, 5) is 15.9. The maximum Gasteiger partial charge on any atom is 0.238 e. The van der Waals surface area contributed by atoms with E-state index >= 15 is 0 Å². The standard InChI is InChI=1S/C53H28N4O/c1-2-11-30(12-3-1)40-27-33-22-21-31-24-25-42-47-43(31)44(33)45-37(16-8-17-39(40)45)38-18-9-19-41(46(38)47)57(42)53-55-49(34-23-20-29-10-4-5-13-32(29)26-34)48-50-51(58-52(48)56-53)36-15-7-6-14-35(36)28-54-50/h1-28H. The molecule has 4 aromatic heterocycles. The number of pyridine rings is 1. The summed E-state index contributed by atoms with van der Waals surface area (Å²) in [6.45, 7) is 0. The van der Waals surface area contributed by atoms with Gasteiger partial charge in [0.2, 0.25) is 11.7 Å². The van der Waals surface area contributed by atoms with Gasteiger partial charge in [-0.15, -0.1) is 0 Å². The van der Waals surface area contributed by atoms with Crippen molar-refractivity contribution in [2.75, 3.05) is 0 Å². The number of hydrogen-bond donors (Lipinski definition) is 0. The molecule has 1 aliphatic carbocycles. The molecule has 0 bridgehead atoms. The van der Waals surface area contributed by atoms with Gasteiger partial charge in [-0.1, -0.05) is 140 Å². The molecule has 4 heterocycles. The zero-order valence-corrected chi connectivity index (χ0v) is 30.9. The minimum atomic E-state index is 0.511. The van der Waals surface area contributed by atoms with Gasteiger partial charge in [-0.3, -0.25) is 9.55 Å². The lowest BCUT2D eigenvalue weighted by Gasteiger charge is -2.16. The molecular formula is C53H28N4O. The molecule has 0 saturated heterocycles. The molecule has 0 spiro atoms. The Morgan fingerprint density at radius 3 is 2.03 bits per heavy atom. The van der Waals surface area contributed by atoms with E-state index in [-0.39, 0.29) is 0 Å². The highest BCUT2D eigenvalue weighted by molar-refractivity contribution is 6.39. The molecule has 0 unspecified atom stereocenters. The van der Waals surface area contributed by atoms with Crippen LogP contribution < -0.4 is 0 Å². The number of hydrogen-bond acceptors (Lipinski definition) is 4. The highest BCUT2D eigenvalue weighted by Gasteiger charge is 2.28. The van der Waals surface area contributed by atoms with Crippen LogP contribution in [0.15, 0.2) is 174 Å². The van der Waals surface area contributed by atoms with Gasteiger partial charge < -0.3 is 4.42 Å². The van der Waals surface area contributed by atoms with Gasteiger partial charge in [0.15, 0.2) is 5.58 Å². The van der Waals surface area contributed by atoms with Gasteiger partial charge in [0.1, 0.15) is 5.52 Å². The number of rotatable bonds is 3. The van der Waals surface area contributed by atoms with Crippen molar-refractivity contribution in [2.24, 2.45) is 0 Å². The molecular weight excluding hydrogens is 709 g/mol. The highest BCUT2D eigenvalue weighted by Crippen LogP contribution is 2.51. The molecule has 13 aromatic rings. The minimum absolute atomic E-state index is 0.511. The largest absolute Gasteiger partial charge is 0.435 e. The SMILES string of the molecule is c1ccc(-c2cc3ccc4ccc5c6c7c(cccc7n5-c5nc(-c7ccc8ccccc8c7)c7c(n5)oc5c8ccccc8cnc57)-c5cccc2c5c3c46)cc1. The van der Waals surface area contributed by atoms with E-state index in [1.807, 2.05) is 18.3 Å². The van der Waals surface area contributed by atoms with Crippen LogP contribution in [0.1, 0.15) is 0 Å². The fourth-order valence-corrected chi connectivity index (χ4v) is 10.0. The highest BCUT2D eigenvalue weighted by atomic mass is 16.3. The van der Waals surface area contributed by atoms with Crippen molar-refractivity contribution in [1.29, 1.82) is 0 Å². The van der Waals surface area contributed by atoms with Crippen molar-refractivity contribution in [3.63, 3.8) is 0 Å². The molecule has 14 rings (SSSR count). The van der Waals surface area contributed by atoms with Crippen LogP contribution in [0.3, 0.4) is 0 Å². The minimum Gasteiger partial charge on any atom is -0.435 e. The molecule has 266 valence electrons. The smallest absolute Gasteiger partial charge is 0.238 e. The van der Waals surface area contributed by atoms with Crippen LogP contribution in [0, 0.1) is 0 Å². The van der Waals surface area contributed by atoms with E-state index in [1.54, 1.807) is 0 Å². The zero-order valence-electron chi connectivity index (χ0n) is 30.9. The van der Waals surface area contributed by atoms with E-state index in [9.17, 15) is 0 Å². The van der Waals surface area contributed by atoms with Crippen LogP contribution in [0.2, 0.25) is 0 Å². The second kappa shape index (κ2) is 10.9. The average Bonchev–Trinajstić information content (AvgIpc) is 3.80. The first-order valence-electron chi connectivity index (χ1n) is 19.7. The molecule has 0 saturated carbocycles. The van der Waals surface area contributed by atoms with Gasteiger partial charge in [-0.25, -0.2) is 4.98 Å². The molecule has 0 aliphatic heterocycles. The number of nitrogens with zero attached hydrogens (tertiary/aromatic N) is 4. The number of benzene rings is 9. The third-order valence-electron chi connectivity index (χ3n) is 12.5. The lowest BCUT2D eigenvalue weighted by molar-refractivity contribution is 0.654. The molecule has 0 atom stereocenters. The first kappa shape index (κ1) is 30.3. The Hall–Kier alpha value is -7.89.